The number of thiophene rings is 1. The Morgan fingerprint density at radius 1 is 1.30 bits per heavy atom. The molecule has 27 heavy (non-hydrogen) atoms. The molecule has 1 unspecified atom stereocenters. The molecule has 6 nitrogen and oxygen atoms in total. The predicted octanol–water partition coefficient (Wildman–Crippen LogP) is 4.40. The second kappa shape index (κ2) is 8.88. The Hall–Kier alpha value is -1.87. The molecule has 0 saturated carbocycles. The van der Waals surface area contributed by atoms with E-state index in [1.54, 1.807) is 29.5 Å². The number of rotatable bonds is 4. The fraction of sp³-hybridized carbons (Fsp3) is 0.176. The van der Waals surface area contributed by atoms with Crippen LogP contribution in [0.25, 0.3) is 0 Å². The molecular weight excluding hydrogens is 427 g/mol. The van der Waals surface area contributed by atoms with Gasteiger partial charge in [0, 0.05) is 12.1 Å². The quantitative estimate of drug-likeness (QED) is 0.545. The van der Waals surface area contributed by atoms with Crippen LogP contribution in [0.3, 0.4) is 0 Å². The standard InChI is InChI=1S/C17H14Cl2N4O2S2/c1-9(13-3-2-6-26-13)22-23-17-21-15(24)8-14(27-17)16(25)20-10-4-5-11(18)12(19)7-10/h2-7,14H,8H2,1H3,(H,20,25)(H,21,23,24). The summed E-state index contributed by atoms with van der Waals surface area (Å²) >= 11 is 14.5. The van der Waals surface area contributed by atoms with E-state index in [9.17, 15) is 9.59 Å². The van der Waals surface area contributed by atoms with E-state index in [0.29, 0.717) is 15.7 Å². The summed E-state index contributed by atoms with van der Waals surface area (Å²) in [5, 5.41) is 15.9. The van der Waals surface area contributed by atoms with Gasteiger partial charge in [-0.05, 0) is 36.6 Å². The normalized spacial score (nSPS) is 19.1. The highest BCUT2D eigenvalue weighted by atomic mass is 35.5. The van der Waals surface area contributed by atoms with Gasteiger partial charge in [0.2, 0.25) is 11.8 Å². The molecule has 1 fully saturated rings. The number of carbonyl (C=O) groups excluding carboxylic acids is 2. The van der Waals surface area contributed by atoms with Gasteiger partial charge in [0.15, 0.2) is 5.17 Å². The van der Waals surface area contributed by atoms with Gasteiger partial charge in [-0.25, -0.2) is 0 Å². The third-order valence-electron chi connectivity index (χ3n) is 3.52. The average molecular weight is 441 g/mol. The van der Waals surface area contributed by atoms with E-state index in [-0.39, 0.29) is 23.4 Å². The number of nitrogens with zero attached hydrogens (tertiary/aromatic N) is 2. The Labute approximate surface area is 174 Å². The van der Waals surface area contributed by atoms with Crippen molar-refractivity contribution in [2.45, 2.75) is 18.6 Å². The molecule has 1 saturated heterocycles. The average Bonchev–Trinajstić information content (AvgIpc) is 3.17. The maximum atomic E-state index is 12.5. The van der Waals surface area contributed by atoms with Crippen LogP contribution < -0.4 is 10.6 Å². The van der Waals surface area contributed by atoms with Crippen molar-refractivity contribution in [3.8, 4) is 0 Å². The lowest BCUT2D eigenvalue weighted by molar-refractivity contribution is -0.123. The number of amidine groups is 1. The molecule has 2 heterocycles. The van der Waals surface area contributed by atoms with Crippen LogP contribution >= 0.6 is 46.3 Å². The highest BCUT2D eigenvalue weighted by Gasteiger charge is 2.30. The Bertz CT molecular complexity index is 929. The molecule has 0 aliphatic carbocycles. The van der Waals surface area contributed by atoms with E-state index < -0.39 is 5.25 Å². The third kappa shape index (κ3) is 5.32. The van der Waals surface area contributed by atoms with Crippen LogP contribution in [-0.2, 0) is 9.59 Å². The fourth-order valence-corrected chi connectivity index (χ4v) is 4.09. The monoisotopic (exact) mass is 440 g/mol. The molecule has 3 rings (SSSR count). The van der Waals surface area contributed by atoms with Gasteiger partial charge in [-0.2, -0.15) is 5.10 Å². The Kier molecular flexibility index (Phi) is 6.54. The highest BCUT2D eigenvalue weighted by molar-refractivity contribution is 8.15. The van der Waals surface area contributed by atoms with Crippen LogP contribution in [0.2, 0.25) is 10.0 Å². The van der Waals surface area contributed by atoms with Gasteiger partial charge in [-0.3, -0.25) is 9.59 Å². The lowest BCUT2D eigenvalue weighted by Crippen LogP contribution is -2.41. The summed E-state index contributed by atoms with van der Waals surface area (Å²) in [6.07, 6.45) is 0.0461. The number of carbonyl (C=O) groups is 2. The molecule has 2 amide bonds. The van der Waals surface area contributed by atoms with Crippen molar-refractivity contribution in [3.05, 3.63) is 50.6 Å². The molecule has 1 aliphatic heterocycles. The molecule has 0 radical (unpaired) electrons. The first-order chi connectivity index (χ1) is 12.9. The van der Waals surface area contributed by atoms with Crippen LogP contribution in [0.4, 0.5) is 5.69 Å². The summed E-state index contributed by atoms with van der Waals surface area (Å²) in [5.41, 5.74) is 1.24. The van der Waals surface area contributed by atoms with Crippen molar-refractivity contribution in [1.82, 2.24) is 5.32 Å². The molecule has 1 aromatic heterocycles. The minimum Gasteiger partial charge on any atom is -0.325 e. The number of benzene rings is 1. The van der Waals surface area contributed by atoms with Gasteiger partial charge < -0.3 is 10.6 Å². The molecule has 0 spiro atoms. The lowest BCUT2D eigenvalue weighted by Gasteiger charge is -2.21. The number of thioether (sulfide) groups is 1. The van der Waals surface area contributed by atoms with E-state index in [4.69, 9.17) is 23.2 Å². The third-order valence-corrected chi connectivity index (χ3v) is 6.31. The zero-order chi connectivity index (χ0) is 19.4. The minimum atomic E-state index is -0.621. The first-order valence-corrected chi connectivity index (χ1v) is 10.3. The van der Waals surface area contributed by atoms with Gasteiger partial charge >= 0.3 is 0 Å². The molecule has 2 N–H and O–H groups in total. The van der Waals surface area contributed by atoms with Crippen molar-refractivity contribution in [3.63, 3.8) is 0 Å². The van der Waals surface area contributed by atoms with E-state index >= 15 is 0 Å². The Morgan fingerprint density at radius 3 is 2.81 bits per heavy atom. The van der Waals surface area contributed by atoms with Crippen LogP contribution in [0, 0.1) is 0 Å². The van der Waals surface area contributed by atoms with Crippen LogP contribution in [0.15, 0.2) is 45.9 Å². The SMILES string of the molecule is CC(=N/N=C1\NC(=O)CC(C(=O)Nc2ccc(Cl)c(Cl)c2)S1)c1cccs1. The van der Waals surface area contributed by atoms with Gasteiger partial charge in [-0.15, -0.1) is 16.4 Å². The van der Waals surface area contributed by atoms with E-state index in [1.165, 1.54) is 0 Å². The number of nitrogens with one attached hydrogen (secondary N) is 2. The van der Waals surface area contributed by atoms with E-state index in [2.05, 4.69) is 20.8 Å². The van der Waals surface area contributed by atoms with Gasteiger partial charge in [0.1, 0.15) is 5.25 Å². The topological polar surface area (TPSA) is 82.9 Å². The summed E-state index contributed by atoms with van der Waals surface area (Å²) in [6.45, 7) is 1.83. The number of halogens is 2. The van der Waals surface area contributed by atoms with Crippen LogP contribution in [0.5, 0.6) is 0 Å². The van der Waals surface area contributed by atoms with Gasteiger partial charge in [-0.1, -0.05) is 41.0 Å². The number of hydrogen-bond acceptors (Lipinski definition) is 6. The van der Waals surface area contributed by atoms with Gasteiger partial charge in [0.05, 0.1) is 20.6 Å². The van der Waals surface area contributed by atoms with Gasteiger partial charge in [0.25, 0.3) is 0 Å². The maximum absolute atomic E-state index is 12.5. The molecule has 140 valence electrons. The molecule has 2 aromatic rings. The largest absolute Gasteiger partial charge is 0.325 e. The number of hydrogen-bond donors (Lipinski definition) is 2. The van der Waals surface area contributed by atoms with Crippen LogP contribution in [0.1, 0.15) is 18.2 Å². The second-order valence-corrected chi connectivity index (χ2v) is 8.50. The second-order valence-electron chi connectivity index (χ2n) is 5.54. The van der Waals surface area contributed by atoms with Crippen molar-refractivity contribution in [2.75, 3.05) is 5.32 Å². The highest BCUT2D eigenvalue weighted by Crippen LogP contribution is 2.27. The summed E-state index contributed by atoms with van der Waals surface area (Å²) in [6, 6.07) is 8.65. The zero-order valence-corrected chi connectivity index (χ0v) is 17.2. The molecule has 10 heteroatoms. The van der Waals surface area contributed by atoms with Crippen molar-refractivity contribution in [1.29, 1.82) is 0 Å². The van der Waals surface area contributed by atoms with Crippen LogP contribution in [-0.4, -0.2) is 27.9 Å². The summed E-state index contributed by atoms with van der Waals surface area (Å²) in [7, 11) is 0. The lowest BCUT2D eigenvalue weighted by atomic mass is 10.2. The number of anilines is 1. The molecule has 0 bridgehead atoms. The number of amides is 2. The molecule has 1 aliphatic rings. The Morgan fingerprint density at radius 2 is 2.11 bits per heavy atom. The molecule has 1 aromatic carbocycles. The Balaban J connectivity index is 1.69. The summed E-state index contributed by atoms with van der Waals surface area (Å²) in [5.74, 6) is -0.606. The van der Waals surface area contributed by atoms with Crippen molar-refractivity contribution in [2.24, 2.45) is 10.2 Å². The van der Waals surface area contributed by atoms with Crippen molar-refractivity contribution >= 4 is 74.7 Å². The predicted molar refractivity (Wildman–Crippen MR) is 113 cm³/mol. The van der Waals surface area contributed by atoms with E-state index in [0.717, 1.165) is 22.4 Å². The van der Waals surface area contributed by atoms with E-state index in [1.807, 2.05) is 24.4 Å². The summed E-state index contributed by atoms with van der Waals surface area (Å²) in [4.78, 5) is 25.4. The fourth-order valence-electron chi connectivity index (χ4n) is 2.19. The maximum Gasteiger partial charge on any atom is 0.238 e. The minimum absolute atomic E-state index is 0.0461. The smallest absolute Gasteiger partial charge is 0.238 e. The van der Waals surface area contributed by atoms with Crippen molar-refractivity contribution < 1.29 is 9.59 Å². The summed E-state index contributed by atoms with van der Waals surface area (Å²) < 4.78 is 0. The molecule has 1 atom stereocenters. The first kappa shape index (κ1) is 19.9. The molecular formula is C17H14Cl2N4O2S2. The zero-order valence-electron chi connectivity index (χ0n) is 14.0. The first-order valence-electron chi connectivity index (χ1n) is 7.81.